The van der Waals surface area contributed by atoms with Crippen LogP contribution in [0, 0.1) is 0 Å². The van der Waals surface area contributed by atoms with Gasteiger partial charge in [0.05, 0.1) is 0 Å². The lowest BCUT2D eigenvalue weighted by molar-refractivity contribution is 0.123. The van der Waals surface area contributed by atoms with Gasteiger partial charge in [-0.2, -0.15) is 12.6 Å². The van der Waals surface area contributed by atoms with Crippen LogP contribution >= 0.6 is 24.2 Å². The number of halogens is 1. The van der Waals surface area contributed by atoms with Crippen LogP contribution in [0.25, 0.3) is 0 Å². The topological polar surface area (TPSA) is 27.7 Å². The summed E-state index contributed by atoms with van der Waals surface area (Å²) in [6.07, 6.45) is 3.13. The van der Waals surface area contributed by atoms with Crippen LogP contribution in [-0.2, 0) is 13.3 Å². The Morgan fingerprint density at radius 2 is 1.67 bits per heavy atom. The third kappa shape index (κ3) is 6.14. The summed E-state index contributed by atoms with van der Waals surface area (Å²) in [7, 11) is 2.42. The largest absolute Gasteiger partial charge is 0.501 e. The maximum atomic E-state index is 5.61. The van der Waals surface area contributed by atoms with Gasteiger partial charge in [0.25, 0.3) is 0 Å². The van der Waals surface area contributed by atoms with Gasteiger partial charge in [0.2, 0.25) is 0 Å². The second kappa shape index (κ2) is 8.84. The van der Waals surface area contributed by atoms with E-state index in [1.807, 2.05) is 0 Å². The highest BCUT2D eigenvalue weighted by Gasteiger charge is 2.39. The molecule has 0 aromatic rings. The maximum absolute atomic E-state index is 5.61. The van der Waals surface area contributed by atoms with E-state index in [2.05, 4.69) is 12.6 Å². The number of unbranched alkanes of at least 4 members (excludes halogenated alkanes) is 1. The zero-order chi connectivity index (χ0) is 11.7. The highest BCUT2D eigenvalue weighted by atomic mass is 35.5. The minimum Gasteiger partial charge on any atom is -0.377 e. The first-order chi connectivity index (χ1) is 7.14. The standard InChI is InChI=1S/C9H21ClO3SSi/c1-11-15(12-2,13-3)8-9(14)6-4-5-7-10/h9,14H,4-8H2,1-3H3. The highest BCUT2D eigenvalue weighted by Crippen LogP contribution is 2.22. The Kier molecular flexibility index (Phi) is 9.27. The Bertz CT molecular complexity index is 150. The summed E-state index contributed by atoms with van der Waals surface area (Å²) in [4.78, 5) is 0. The minimum atomic E-state index is -2.45. The van der Waals surface area contributed by atoms with Crippen LogP contribution in [-0.4, -0.2) is 41.3 Å². The molecule has 6 heteroatoms. The minimum absolute atomic E-state index is 0.250. The third-order valence-electron chi connectivity index (χ3n) is 2.34. The van der Waals surface area contributed by atoms with Gasteiger partial charge >= 0.3 is 8.80 Å². The molecule has 0 saturated heterocycles. The van der Waals surface area contributed by atoms with Crippen LogP contribution in [0.4, 0.5) is 0 Å². The fourth-order valence-corrected chi connectivity index (χ4v) is 4.19. The number of hydrogen-bond acceptors (Lipinski definition) is 4. The summed E-state index contributed by atoms with van der Waals surface area (Å²) in [6.45, 7) is 0. The first-order valence-electron chi connectivity index (χ1n) is 5.03. The van der Waals surface area contributed by atoms with Crippen molar-refractivity contribution < 1.29 is 13.3 Å². The van der Waals surface area contributed by atoms with Crippen molar-refractivity contribution in [1.29, 1.82) is 0 Å². The average molecular weight is 273 g/mol. The Morgan fingerprint density at radius 1 is 1.13 bits per heavy atom. The lowest BCUT2D eigenvalue weighted by Gasteiger charge is -2.26. The predicted molar refractivity (Wildman–Crippen MR) is 68.9 cm³/mol. The Balaban J connectivity index is 3.94. The Hall–Kier alpha value is 0.737. The molecule has 0 aliphatic rings. The van der Waals surface area contributed by atoms with Gasteiger partial charge in [-0.25, -0.2) is 0 Å². The summed E-state index contributed by atoms with van der Waals surface area (Å²) < 4.78 is 16.0. The van der Waals surface area contributed by atoms with Crippen LogP contribution in [0.5, 0.6) is 0 Å². The third-order valence-corrected chi connectivity index (χ3v) is 6.25. The molecular formula is C9H21ClO3SSi. The summed E-state index contributed by atoms with van der Waals surface area (Å²) >= 11 is 10.1. The van der Waals surface area contributed by atoms with E-state index in [4.69, 9.17) is 24.9 Å². The van der Waals surface area contributed by atoms with Gasteiger partial charge in [0, 0.05) is 38.5 Å². The SMILES string of the molecule is CO[Si](CC(S)CCCCCl)(OC)OC. The molecule has 0 bridgehead atoms. The van der Waals surface area contributed by atoms with Gasteiger partial charge in [-0.1, -0.05) is 6.42 Å². The maximum Gasteiger partial charge on any atom is 0.501 e. The number of hydrogen-bond donors (Lipinski definition) is 1. The van der Waals surface area contributed by atoms with Crippen molar-refractivity contribution in [2.75, 3.05) is 27.2 Å². The van der Waals surface area contributed by atoms with Crippen molar-refractivity contribution >= 4 is 33.0 Å². The fourth-order valence-electron chi connectivity index (χ4n) is 1.37. The lowest BCUT2D eigenvalue weighted by Crippen LogP contribution is -2.44. The van der Waals surface area contributed by atoms with Gasteiger partial charge in [-0.15, -0.1) is 11.6 Å². The van der Waals surface area contributed by atoms with Crippen LogP contribution in [0.1, 0.15) is 19.3 Å². The molecule has 0 radical (unpaired) electrons. The monoisotopic (exact) mass is 272 g/mol. The molecule has 0 aromatic carbocycles. The molecule has 0 fully saturated rings. The van der Waals surface area contributed by atoms with E-state index in [1.54, 1.807) is 21.3 Å². The molecule has 0 N–H and O–H groups in total. The van der Waals surface area contributed by atoms with Crippen molar-refractivity contribution in [2.45, 2.75) is 30.6 Å². The van der Waals surface area contributed by atoms with Crippen LogP contribution < -0.4 is 0 Å². The summed E-state index contributed by atoms with van der Waals surface area (Å²) in [5.41, 5.74) is 0. The highest BCUT2D eigenvalue weighted by molar-refractivity contribution is 7.81. The van der Waals surface area contributed by atoms with E-state index in [-0.39, 0.29) is 5.25 Å². The molecule has 0 aromatic heterocycles. The summed E-state index contributed by atoms with van der Waals surface area (Å²) in [5, 5.41) is 0.250. The second-order valence-electron chi connectivity index (χ2n) is 3.34. The fraction of sp³-hybridized carbons (Fsp3) is 1.00. The molecule has 92 valence electrons. The quantitative estimate of drug-likeness (QED) is 0.303. The van der Waals surface area contributed by atoms with E-state index >= 15 is 0 Å². The van der Waals surface area contributed by atoms with Gasteiger partial charge in [-0.05, 0) is 12.8 Å². The second-order valence-corrected chi connectivity index (χ2v) is 7.45. The predicted octanol–water partition coefficient (Wildman–Crippen LogP) is 2.57. The van der Waals surface area contributed by atoms with Crippen LogP contribution in [0.15, 0.2) is 0 Å². The molecule has 3 nitrogen and oxygen atoms in total. The number of thiol groups is 1. The van der Waals surface area contributed by atoms with Crippen LogP contribution in [0.3, 0.4) is 0 Å². The zero-order valence-corrected chi connectivity index (χ0v) is 12.3. The Labute approximate surface area is 104 Å². The first kappa shape index (κ1) is 15.7. The Morgan fingerprint density at radius 3 is 2.07 bits per heavy atom. The molecule has 15 heavy (non-hydrogen) atoms. The van der Waals surface area contributed by atoms with E-state index in [9.17, 15) is 0 Å². The lowest BCUT2D eigenvalue weighted by atomic mass is 10.2. The van der Waals surface area contributed by atoms with Gasteiger partial charge in [0.15, 0.2) is 0 Å². The van der Waals surface area contributed by atoms with Crippen molar-refractivity contribution in [3.8, 4) is 0 Å². The molecular weight excluding hydrogens is 252 g/mol. The van der Waals surface area contributed by atoms with Crippen LogP contribution in [0.2, 0.25) is 6.04 Å². The molecule has 0 aliphatic carbocycles. The number of rotatable bonds is 9. The van der Waals surface area contributed by atoms with E-state index in [1.165, 1.54) is 0 Å². The molecule has 0 aliphatic heterocycles. The van der Waals surface area contributed by atoms with Gasteiger partial charge in [0.1, 0.15) is 0 Å². The average Bonchev–Trinajstić information content (AvgIpc) is 2.26. The van der Waals surface area contributed by atoms with E-state index < -0.39 is 8.80 Å². The van der Waals surface area contributed by atoms with Crippen molar-refractivity contribution in [1.82, 2.24) is 0 Å². The van der Waals surface area contributed by atoms with Gasteiger partial charge in [-0.3, -0.25) is 0 Å². The smallest absolute Gasteiger partial charge is 0.377 e. The van der Waals surface area contributed by atoms with Crippen molar-refractivity contribution in [3.63, 3.8) is 0 Å². The molecule has 0 rings (SSSR count). The van der Waals surface area contributed by atoms with Crippen molar-refractivity contribution in [2.24, 2.45) is 0 Å². The molecule has 1 unspecified atom stereocenters. The molecule has 1 atom stereocenters. The molecule has 0 heterocycles. The zero-order valence-electron chi connectivity index (χ0n) is 9.66. The molecule has 0 saturated carbocycles. The van der Waals surface area contributed by atoms with E-state index in [0.717, 1.165) is 25.3 Å². The van der Waals surface area contributed by atoms with Gasteiger partial charge < -0.3 is 13.3 Å². The number of alkyl halides is 1. The normalized spacial score (nSPS) is 14.2. The first-order valence-corrected chi connectivity index (χ1v) is 8.02. The van der Waals surface area contributed by atoms with Crippen molar-refractivity contribution in [3.05, 3.63) is 0 Å². The molecule has 0 amide bonds. The molecule has 0 spiro atoms. The summed E-state index contributed by atoms with van der Waals surface area (Å²) in [5.74, 6) is 0.710. The summed E-state index contributed by atoms with van der Waals surface area (Å²) in [6, 6.07) is 0.738. The van der Waals surface area contributed by atoms with E-state index in [0.29, 0.717) is 5.88 Å².